The molecular formula is C16H18N2OS. The van der Waals surface area contributed by atoms with Crippen LogP contribution >= 0.6 is 11.8 Å². The molecule has 0 saturated heterocycles. The highest BCUT2D eigenvalue weighted by Gasteiger charge is 2.16. The van der Waals surface area contributed by atoms with Crippen LogP contribution in [0.5, 0.6) is 0 Å². The molecule has 2 unspecified atom stereocenters. The number of aliphatic hydroxyl groups excluding tert-OH is 1. The first kappa shape index (κ1) is 14.7. The standard InChI is InChI=1S/C16H18N2OS/c1-11(16(10-19)20-2)18-15-8-7-12(9-17)13-5-3-4-6-14(13)15/h3-8,11,16,18-19H,10H2,1-2H3. The second kappa shape index (κ2) is 6.65. The van der Waals surface area contributed by atoms with Crippen LogP contribution in [0.25, 0.3) is 10.8 Å². The lowest BCUT2D eigenvalue weighted by Crippen LogP contribution is -2.31. The molecule has 3 nitrogen and oxygen atoms in total. The lowest BCUT2D eigenvalue weighted by Gasteiger charge is -2.23. The van der Waals surface area contributed by atoms with Crippen molar-refractivity contribution in [2.45, 2.75) is 18.2 Å². The summed E-state index contributed by atoms with van der Waals surface area (Å²) in [6, 6.07) is 14.0. The first-order valence-corrected chi connectivity index (χ1v) is 7.82. The van der Waals surface area contributed by atoms with E-state index in [1.807, 2.05) is 42.7 Å². The first-order chi connectivity index (χ1) is 9.71. The van der Waals surface area contributed by atoms with E-state index in [0.29, 0.717) is 5.56 Å². The Hall–Kier alpha value is -1.70. The van der Waals surface area contributed by atoms with E-state index in [-0.39, 0.29) is 17.9 Å². The number of fused-ring (bicyclic) bond motifs is 1. The maximum absolute atomic E-state index is 9.37. The number of hydrogen-bond acceptors (Lipinski definition) is 4. The zero-order chi connectivity index (χ0) is 14.5. The Morgan fingerprint density at radius 2 is 1.95 bits per heavy atom. The Labute approximate surface area is 123 Å². The average Bonchev–Trinajstić information content (AvgIpc) is 2.49. The van der Waals surface area contributed by atoms with Crippen LogP contribution in [-0.2, 0) is 0 Å². The van der Waals surface area contributed by atoms with Gasteiger partial charge in [0.2, 0.25) is 0 Å². The molecule has 2 aromatic rings. The Kier molecular flexibility index (Phi) is 4.89. The van der Waals surface area contributed by atoms with Gasteiger partial charge in [-0.2, -0.15) is 17.0 Å². The predicted octanol–water partition coefficient (Wildman–Crippen LogP) is 3.24. The van der Waals surface area contributed by atoms with Crippen LogP contribution in [0.15, 0.2) is 36.4 Å². The zero-order valence-electron chi connectivity index (χ0n) is 11.6. The number of hydrogen-bond donors (Lipinski definition) is 2. The molecule has 104 valence electrons. The first-order valence-electron chi connectivity index (χ1n) is 6.53. The van der Waals surface area contributed by atoms with Crippen molar-refractivity contribution in [1.29, 1.82) is 5.26 Å². The van der Waals surface area contributed by atoms with E-state index >= 15 is 0 Å². The molecule has 0 bridgehead atoms. The molecule has 0 aromatic heterocycles. The molecule has 2 N–H and O–H groups in total. The molecular weight excluding hydrogens is 268 g/mol. The summed E-state index contributed by atoms with van der Waals surface area (Å²) in [4.78, 5) is 0. The molecule has 0 fully saturated rings. The minimum Gasteiger partial charge on any atom is -0.395 e. The van der Waals surface area contributed by atoms with Crippen LogP contribution in [0.4, 0.5) is 5.69 Å². The van der Waals surface area contributed by atoms with Gasteiger partial charge in [0.05, 0.1) is 18.2 Å². The topological polar surface area (TPSA) is 56.0 Å². The van der Waals surface area contributed by atoms with Crippen molar-refractivity contribution in [2.75, 3.05) is 18.2 Å². The van der Waals surface area contributed by atoms with Crippen molar-refractivity contribution in [3.63, 3.8) is 0 Å². The van der Waals surface area contributed by atoms with Crippen LogP contribution in [0.1, 0.15) is 12.5 Å². The largest absolute Gasteiger partial charge is 0.395 e. The summed E-state index contributed by atoms with van der Waals surface area (Å²) in [5, 5.41) is 24.1. The average molecular weight is 286 g/mol. The van der Waals surface area contributed by atoms with Crippen molar-refractivity contribution in [3.8, 4) is 6.07 Å². The summed E-state index contributed by atoms with van der Waals surface area (Å²) >= 11 is 1.65. The van der Waals surface area contributed by atoms with Gasteiger partial charge in [-0.15, -0.1) is 0 Å². The predicted molar refractivity (Wildman–Crippen MR) is 86.1 cm³/mol. The van der Waals surface area contributed by atoms with Crippen molar-refractivity contribution >= 4 is 28.2 Å². The van der Waals surface area contributed by atoms with Crippen molar-refractivity contribution in [2.24, 2.45) is 0 Å². The lowest BCUT2D eigenvalue weighted by molar-refractivity contribution is 0.288. The van der Waals surface area contributed by atoms with Crippen LogP contribution in [0, 0.1) is 11.3 Å². The van der Waals surface area contributed by atoms with Gasteiger partial charge in [0, 0.05) is 27.8 Å². The maximum Gasteiger partial charge on any atom is 0.0998 e. The van der Waals surface area contributed by atoms with E-state index < -0.39 is 0 Å². The van der Waals surface area contributed by atoms with Crippen molar-refractivity contribution in [1.82, 2.24) is 0 Å². The molecule has 4 heteroatoms. The fourth-order valence-electron chi connectivity index (χ4n) is 2.30. The number of aliphatic hydroxyl groups is 1. The SMILES string of the molecule is CSC(CO)C(C)Nc1ccc(C#N)c2ccccc12. The fourth-order valence-corrected chi connectivity index (χ4v) is 2.92. The van der Waals surface area contributed by atoms with Crippen LogP contribution < -0.4 is 5.32 Å². The molecule has 2 aromatic carbocycles. The summed E-state index contributed by atoms with van der Waals surface area (Å²) < 4.78 is 0. The third-order valence-corrected chi connectivity index (χ3v) is 4.63. The second-order valence-corrected chi connectivity index (χ2v) is 5.78. The Balaban J connectivity index is 2.39. The fraction of sp³-hybridized carbons (Fsp3) is 0.312. The Morgan fingerprint density at radius 1 is 1.25 bits per heavy atom. The number of anilines is 1. The third kappa shape index (κ3) is 2.90. The summed E-state index contributed by atoms with van der Waals surface area (Å²) in [7, 11) is 0. The molecule has 0 amide bonds. The number of nitriles is 1. The van der Waals surface area contributed by atoms with E-state index in [1.54, 1.807) is 11.8 Å². The van der Waals surface area contributed by atoms with Crippen molar-refractivity contribution in [3.05, 3.63) is 42.0 Å². The highest BCUT2D eigenvalue weighted by atomic mass is 32.2. The smallest absolute Gasteiger partial charge is 0.0998 e. The van der Waals surface area contributed by atoms with Gasteiger partial charge in [-0.1, -0.05) is 24.3 Å². The summed E-state index contributed by atoms with van der Waals surface area (Å²) in [6.45, 7) is 2.20. The molecule has 0 aliphatic rings. The number of benzene rings is 2. The number of nitrogens with zero attached hydrogens (tertiary/aromatic N) is 1. The summed E-state index contributed by atoms with van der Waals surface area (Å²) in [5.41, 5.74) is 1.68. The van der Waals surface area contributed by atoms with Gasteiger partial charge in [-0.3, -0.25) is 0 Å². The number of rotatable bonds is 5. The van der Waals surface area contributed by atoms with Gasteiger partial charge in [0.1, 0.15) is 0 Å². The molecule has 0 radical (unpaired) electrons. The van der Waals surface area contributed by atoms with Gasteiger partial charge in [0.25, 0.3) is 0 Å². The summed E-state index contributed by atoms with van der Waals surface area (Å²) in [6.07, 6.45) is 2.00. The van der Waals surface area contributed by atoms with Gasteiger partial charge >= 0.3 is 0 Å². The molecule has 2 rings (SSSR count). The van der Waals surface area contributed by atoms with Crippen LogP contribution in [0.2, 0.25) is 0 Å². The third-order valence-electron chi connectivity index (χ3n) is 3.47. The number of thioether (sulfide) groups is 1. The molecule has 0 heterocycles. The van der Waals surface area contributed by atoms with E-state index in [0.717, 1.165) is 16.5 Å². The monoisotopic (exact) mass is 286 g/mol. The van der Waals surface area contributed by atoms with E-state index in [1.165, 1.54) is 0 Å². The van der Waals surface area contributed by atoms with Gasteiger partial charge in [-0.05, 0) is 25.3 Å². The lowest BCUT2D eigenvalue weighted by atomic mass is 10.0. The van der Waals surface area contributed by atoms with Gasteiger partial charge in [-0.25, -0.2) is 0 Å². The normalized spacial score (nSPS) is 13.7. The maximum atomic E-state index is 9.37. The van der Waals surface area contributed by atoms with Gasteiger partial charge < -0.3 is 10.4 Å². The number of nitrogens with one attached hydrogen (secondary N) is 1. The van der Waals surface area contributed by atoms with Crippen molar-refractivity contribution < 1.29 is 5.11 Å². The van der Waals surface area contributed by atoms with Crippen LogP contribution in [0.3, 0.4) is 0 Å². The molecule has 0 aliphatic carbocycles. The molecule has 0 spiro atoms. The Morgan fingerprint density at radius 3 is 2.55 bits per heavy atom. The quantitative estimate of drug-likeness (QED) is 0.886. The minimum atomic E-state index is 0.142. The zero-order valence-corrected chi connectivity index (χ0v) is 12.4. The minimum absolute atomic E-state index is 0.142. The highest BCUT2D eigenvalue weighted by Crippen LogP contribution is 2.28. The van der Waals surface area contributed by atoms with E-state index in [4.69, 9.17) is 5.26 Å². The van der Waals surface area contributed by atoms with Gasteiger partial charge in [0.15, 0.2) is 0 Å². The van der Waals surface area contributed by atoms with E-state index in [9.17, 15) is 5.11 Å². The molecule has 2 atom stereocenters. The molecule has 0 aliphatic heterocycles. The van der Waals surface area contributed by atoms with Crippen LogP contribution in [-0.4, -0.2) is 29.3 Å². The van der Waals surface area contributed by atoms with E-state index in [2.05, 4.69) is 18.3 Å². The second-order valence-electron chi connectivity index (χ2n) is 4.71. The highest BCUT2D eigenvalue weighted by molar-refractivity contribution is 7.99. The Bertz CT molecular complexity index is 632. The molecule has 0 saturated carbocycles. The molecule has 20 heavy (non-hydrogen) atoms. The summed E-state index contributed by atoms with van der Waals surface area (Å²) in [5.74, 6) is 0.